The highest BCUT2D eigenvalue weighted by atomic mass is 16.1. The van der Waals surface area contributed by atoms with Crippen LogP contribution in [0.15, 0.2) is 36.8 Å². The number of amides is 1. The van der Waals surface area contributed by atoms with Gasteiger partial charge < -0.3 is 5.32 Å². The molecule has 0 radical (unpaired) electrons. The third kappa shape index (κ3) is 3.16. The summed E-state index contributed by atoms with van der Waals surface area (Å²) in [6, 6.07) is 5.65. The van der Waals surface area contributed by atoms with Crippen LogP contribution in [-0.2, 0) is 11.3 Å². The van der Waals surface area contributed by atoms with Crippen molar-refractivity contribution in [1.82, 2.24) is 20.1 Å². The molecule has 0 bridgehead atoms. The molecule has 0 saturated heterocycles. The second-order valence-corrected chi connectivity index (χ2v) is 4.00. The largest absolute Gasteiger partial charge is 0.352 e. The summed E-state index contributed by atoms with van der Waals surface area (Å²) in [5, 5.41) is 7.00. The van der Waals surface area contributed by atoms with Gasteiger partial charge in [0.15, 0.2) is 5.82 Å². The van der Waals surface area contributed by atoms with Crippen LogP contribution in [0.4, 0.5) is 0 Å². The lowest BCUT2D eigenvalue weighted by Gasteiger charge is -2.06. The zero-order valence-corrected chi connectivity index (χ0v) is 10.3. The molecule has 0 saturated carbocycles. The summed E-state index contributed by atoms with van der Waals surface area (Å²) in [5.74, 6) is 0.831. The van der Waals surface area contributed by atoms with Crippen molar-refractivity contribution in [2.45, 2.75) is 26.3 Å². The van der Waals surface area contributed by atoms with Crippen LogP contribution in [0.3, 0.4) is 0 Å². The smallest absolute Gasteiger partial charge is 0.220 e. The van der Waals surface area contributed by atoms with Crippen molar-refractivity contribution in [1.29, 1.82) is 0 Å². The van der Waals surface area contributed by atoms with Crippen molar-refractivity contribution in [2.75, 3.05) is 0 Å². The predicted octanol–water partition coefficient (Wildman–Crippen LogP) is 1.68. The summed E-state index contributed by atoms with van der Waals surface area (Å²) in [6.45, 7) is 2.51. The molecule has 0 spiro atoms. The van der Waals surface area contributed by atoms with E-state index < -0.39 is 0 Å². The van der Waals surface area contributed by atoms with Gasteiger partial charge in [-0.15, -0.1) is 0 Å². The van der Waals surface area contributed by atoms with Crippen LogP contribution in [0.2, 0.25) is 0 Å². The van der Waals surface area contributed by atoms with Gasteiger partial charge in [0.1, 0.15) is 0 Å². The SMILES string of the molecule is CCCC(=O)NCc1ccnc(-n2cccn2)c1. The van der Waals surface area contributed by atoms with Crippen LogP contribution in [0.1, 0.15) is 25.3 Å². The Bertz CT molecular complexity index is 507. The standard InChI is InChI=1S/C13H16N4O/c1-2-4-13(18)15-10-11-5-7-14-12(9-11)17-8-3-6-16-17/h3,5-9H,2,4,10H2,1H3,(H,15,18). The van der Waals surface area contributed by atoms with Gasteiger partial charge in [-0.25, -0.2) is 9.67 Å². The Balaban J connectivity index is 2.02. The minimum Gasteiger partial charge on any atom is -0.352 e. The molecule has 0 aromatic carbocycles. The Morgan fingerprint density at radius 3 is 3.06 bits per heavy atom. The van der Waals surface area contributed by atoms with Crippen LogP contribution in [0.5, 0.6) is 0 Å². The van der Waals surface area contributed by atoms with Gasteiger partial charge >= 0.3 is 0 Å². The van der Waals surface area contributed by atoms with Crippen LogP contribution in [-0.4, -0.2) is 20.7 Å². The summed E-state index contributed by atoms with van der Waals surface area (Å²) >= 11 is 0. The lowest BCUT2D eigenvalue weighted by Crippen LogP contribution is -2.22. The summed E-state index contributed by atoms with van der Waals surface area (Å²) < 4.78 is 1.69. The van der Waals surface area contributed by atoms with E-state index in [2.05, 4.69) is 15.4 Å². The van der Waals surface area contributed by atoms with Crippen LogP contribution in [0.25, 0.3) is 5.82 Å². The molecule has 0 aliphatic heterocycles. The average molecular weight is 244 g/mol. The molecule has 0 atom stereocenters. The van der Waals surface area contributed by atoms with Crippen LogP contribution < -0.4 is 5.32 Å². The maximum atomic E-state index is 11.4. The molecule has 2 rings (SSSR count). The Morgan fingerprint density at radius 1 is 1.44 bits per heavy atom. The highest BCUT2D eigenvalue weighted by Gasteiger charge is 2.02. The minimum atomic E-state index is 0.0787. The maximum absolute atomic E-state index is 11.4. The van der Waals surface area contributed by atoms with Gasteiger partial charge in [-0.2, -0.15) is 5.10 Å². The Labute approximate surface area is 106 Å². The fraction of sp³-hybridized carbons (Fsp3) is 0.308. The Morgan fingerprint density at radius 2 is 2.33 bits per heavy atom. The van der Waals surface area contributed by atoms with Crippen molar-refractivity contribution in [3.05, 3.63) is 42.4 Å². The maximum Gasteiger partial charge on any atom is 0.220 e. The molecule has 2 aromatic heterocycles. The molecule has 18 heavy (non-hydrogen) atoms. The fourth-order valence-electron chi connectivity index (χ4n) is 1.62. The minimum absolute atomic E-state index is 0.0787. The number of carbonyl (C=O) groups is 1. The molecule has 0 unspecified atom stereocenters. The predicted molar refractivity (Wildman–Crippen MR) is 68.1 cm³/mol. The summed E-state index contributed by atoms with van der Waals surface area (Å²) in [5.41, 5.74) is 1.01. The van der Waals surface area contributed by atoms with Crippen LogP contribution >= 0.6 is 0 Å². The second-order valence-electron chi connectivity index (χ2n) is 4.00. The highest BCUT2D eigenvalue weighted by Crippen LogP contribution is 2.06. The van der Waals surface area contributed by atoms with Gasteiger partial charge in [0, 0.05) is 31.6 Å². The molecule has 0 aliphatic rings. The average Bonchev–Trinajstić information content (AvgIpc) is 2.91. The number of nitrogens with zero attached hydrogens (tertiary/aromatic N) is 3. The summed E-state index contributed by atoms with van der Waals surface area (Å²) in [7, 11) is 0. The molecule has 1 N–H and O–H groups in total. The number of hydrogen-bond acceptors (Lipinski definition) is 3. The molecule has 2 aromatic rings. The monoisotopic (exact) mass is 244 g/mol. The van der Waals surface area contributed by atoms with E-state index in [1.807, 2.05) is 31.3 Å². The van der Waals surface area contributed by atoms with E-state index in [-0.39, 0.29) is 5.91 Å². The first-order valence-corrected chi connectivity index (χ1v) is 6.01. The molecular formula is C13H16N4O. The van der Waals surface area contributed by atoms with E-state index in [1.54, 1.807) is 17.1 Å². The van der Waals surface area contributed by atoms with E-state index in [4.69, 9.17) is 0 Å². The van der Waals surface area contributed by atoms with Gasteiger partial charge in [-0.1, -0.05) is 6.92 Å². The van der Waals surface area contributed by atoms with Crippen molar-refractivity contribution in [3.63, 3.8) is 0 Å². The topological polar surface area (TPSA) is 59.8 Å². The first-order chi connectivity index (χ1) is 8.79. The molecular weight excluding hydrogens is 228 g/mol. The molecule has 94 valence electrons. The molecule has 5 nitrogen and oxygen atoms in total. The van der Waals surface area contributed by atoms with Gasteiger partial charge in [-0.05, 0) is 30.2 Å². The Kier molecular flexibility index (Phi) is 4.06. The summed E-state index contributed by atoms with van der Waals surface area (Å²) in [6.07, 6.45) is 6.69. The number of rotatable bonds is 5. The quantitative estimate of drug-likeness (QED) is 0.870. The fourth-order valence-corrected chi connectivity index (χ4v) is 1.62. The van der Waals surface area contributed by atoms with Crippen molar-refractivity contribution >= 4 is 5.91 Å². The molecule has 0 fully saturated rings. The van der Waals surface area contributed by atoms with E-state index in [0.717, 1.165) is 17.8 Å². The summed E-state index contributed by atoms with van der Waals surface area (Å²) in [4.78, 5) is 15.6. The zero-order valence-electron chi connectivity index (χ0n) is 10.3. The highest BCUT2D eigenvalue weighted by molar-refractivity contribution is 5.75. The van der Waals surface area contributed by atoms with E-state index in [0.29, 0.717) is 13.0 Å². The van der Waals surface area contributed by atoms with Crippen molar-refractivity contribution < 1.29 is 4.79 Å². The normalized spacial score (nSPS) is 10.3. The van der Waals surface area contributed by atoms with Crippen molar-refractivity contribution in [3.8, 4) is 5.82 Å². The number of aromatic nitrogens is 3. The van der Waals surface area contributed by atoms with E-state index in [1.165, 1.54) is 0 Å². The Hall–Kier alpha value is -2.17. The number of nitrogens with one attached hydrogen (secondary N) is 1. The zero-order chi connectivity index (χ0) is 12.8. The third-order valence-electron chi connectivity index (χ3n) is 2.52. The molecule has 0 aliphatic carbocycles. The van der Waals surface area contributed by atoms with E-state index in [9.17, 15) is 4.79 Å². The van der Waals surface area contributed by atoms with Crippen molar-refractivity contribution in [2.24, 2.45) is 0 Å². The van der Waals surface area contributed by atoms with E-state index >= 15 is 0 Å². The first-order valence-electron chi connectivity index (χ1n) is 6.01. The molecule has 1 amide bonds. The number of pyridine rings is 1. The second kappa shape index (κ2) is 5.95. The molecule has 5 heteroatoms. The van der Waals surface area contributed by atoms with Crippen LogP contribution in [0, 0.1) is 0 Å². The number of hydrogen-bond donors (Lipinski definition) is 1. The lowest BCUT2D eigenvalue weighted by molar-refractivity contribution is -0.121. The lowest BCUT2D eigenvalue weighted by atomic mass is 10.2. The first kappa shape index (κ1) is 12.3. The van der Waals surface area contributed by atoms with Gasteiger partial charge in [0.25, 0.3) is 0 Å². The molecule has 2 heterocycles. The van der Waals surface area contributed by atoms with Gasteiger partial charge in [-0.3, -0.25) is 4.79 Å². The van der Waals surface area contributed by atoms with Gasteiger partial charge in [0.2, 0.25) is 5.91 Å². The third-order valence-corrected chi connectivity index (χ3v) is 2.52. The van der Waals surface area contributed by atoms with Gasteiger partial charge in [0.05, 0.1) is 0 Å². The number of carbonyl (C=O) groups excluding carboxylic acids is 1.